The van der Waals surface area contributed by atoms with E-state index < -0.39 is 0 Å². The van der Waals surface area contributed by atoms with E-state index in [-0.39, 0.29) is 0 Å². The zero-order chi connectivity index (χ0) is 12.5. The second-order valence-electron chi connectivity index (χ2n) is 3.19. The molecule has 1 rings (SSSR count). The molecule has 0 aliphatic carbocycles. The fourth-order valence-electron chi connectivity index (χ4n) is 0.924. The van der Waals surface area contributed by atoms with Gasteiger partial charge in [-0.15, -0.1) is 0 Å². The van der Waals surface area contributed by atoms with Gasteiger partial charge in [0.05, 0.1) is 0 Å². The second kappa shape index (κ2) is 8.61. The van der Waals surface area contributed by atoms with Gasteiger partial charge in [0.25, 0.3) is 0 Å². The van der Waals surface area contributed by atoms with Gasteiger partial charge in [-0.05, 0) is 40.3 Å². The monoisotopic (exact) mass is 327 g/mol. The Morgan fingerprint density at radius 3 is 2.88 bits per heavy atom. The Hall–Kier alpha value is -0.450. The Balaban J connectivity index is 2.49. The summed E-state index contributed by atoms with van der Waals surface area (Å²) in [5.41, 5.74) is 1.17. The van der Waals surface area contributed by atoms with Crippen LogP contribution in [-0.2, 0) is 0 Å². The molecule has 1 aromatic rings. The van der Waals surface area contributed by atoms with Crippen LogP contribution in [0.3, 0.4) is 0 Å². The molecule has 1 aromatic heterocycles. The summed E-state index contributed by atoms with van der Waals surface area (Å²) in [6, 6.07) is 5.93. The molecule has 0 aliphatic rings. The van der Waals surface area contributed by atoms with Crippen LogP contribution in [0.4, 0.5) is 0 Å². The molecule has 0 saturated carbocycles. The van der Waals surface area contributed by atoms with Gasteiger partial charge >= 0.3 is 0 Å². The average molecular weight is 328 g/mol. The minimum absolute atomic E-state index is 0.832. The lowest BCUT2D eigenvalue weighted by Crippen LogP contribution is -1.76. The maximum Gasteiger partial charge on any atom is 0.107 e. The first-order chi connectivity index (χ1) is 8.26. The average Bonchev–Trinajstić information content (AvgIpc) is 2.39. The number of hydrogen-bond donors (Lipinski definition) is 0. The molecular formula is C13H14BrNS2. The van der Waals surface area contributed by atoms with Crippen molar-refractivity contribution in [3.63, 3.8) is 0 Å². The molecule has 0 unspecified atom stereocenters. The highest BCUT2D eigenvalue weighted by atomic mass is 79.9. The van der Waals surface area contributed by atoms with Crippen molar-refractivity contribution in [2.24, 2.45) is 0 Å². The van der Waals surface area contributed by atoms with Crippen LogP contribution in [0, 0.1) is 0 Å². The normalized spacial score (nSPS) is 12.6. The second-order valence-corrected chi connectivity index (χ2v) is 6.15. The van der Waals surface area contributed by atoms with E-state index in [0.29, 0.717) is 0 Å². The summed E-state index contributed by atoms with van der Waals surface area (Å²) >= 11 is 3.41. The number of hydrogen-bond acceptors (Lipinski definition) is 3. The summed E-state index contributed by atoms with van der Waals surface area (Å²) in [6.45, 7) is 5.84. The largest absolute Gasteiger partial charge is 0.249 e. The SMILES string of the molecule is C=C/C(=C\C=C(/C)SSc1ccccn1)CBr. The fourth-order valence-corrected chi connectivity index (χ4v) is 3.03. The quantitative estimate of drug-likeness (QED) is 0.403. The van der Waals surface area contributed by atoms with Crippen molar-refractivity contribution in [3.8, 4) is 0 Å². The van der Waals surface area contributed by atoms with E-state index in [0.717, 1.165) is 10.4 Å². The van der Waals surface area contributed by atoms with Gasteiger partial charge in [-0.3, -0.25) is 0 Å². The van der Waals surface area contributed by atoms with Crippen molar-refractivity contribution >= 4 is 37.5 Å². The van der Waals surface area contributed by atoms with Gasteiger partial charge in [0.1, 0.15) is 5.03 Å². The number of halogens is 1. The Kier molecular flexibility index (Phi) is 7.40. The summed E-state index contributed by atoms with van der Waals surface area (Å²) in [4.78, 5) is 5.49. The van der Waals surface area contributed by atoms with Gasteiger partial charge in [0.2, 0.25) is 0 Å². The Morgan fingerprint density at radius 2 is 2.29 bits per heavy atom. The van der Waals surface area contributed by atoms with Gasteiger partial charge < -0.3 is 0 Å². The lowest BCUT2D eigenvalue weighted by atomic mass is 10.3. The van der Waals surface area contributed by atoms with Gasteiger partial charge in [-0.25, -0.2) is 4.98 Å². The maximum absolute atomic E-state index is 4.25. The molecule has 1 heterocycles. The van der Waals surface area contributed by atoms with E-state index in [9.17, 15) is 0 Å². The van der Waals surface area contributed by atoms with Crippen LogP contribution in [0.25, 0.3) is 0 Å². The number of allylic oxidation sites excluding steroid dienone is 5. The summed E-state index contributed by atoms with van der Waals surface area (Å²) in [5, 5.41) is 1.86. The molecule has 0 saturated heterocycles. The highest BCUT2D eigenvalue weighted by molar-refractivity contribution is 9.09. The predicted molar refractivity (Wildman–Crippen MR) is 83.5 cm³/mol. The number of aromatic nitrogens is 1. The van der Waals surface area contributed by atoms with Crippen molar-refractivity contribution < 1.29 is 0 Å². The topological polar surface area (TPSA) is 12.9 Å². The van der Waals surface area contributed by atoms with Crippen molar-refractivity contribution in [2.75, 3.05) is 5.33 Å². The van der Waals surface area contributed by atoms with Crippen LogP contribution in [0.15, 0.2) is 64.7 Å². The summed E-state index contributed by atoms with van der Waals surface area (Å²) in [5.74, 6) is 0. The van der Waals surface area contributed by atoms with Crippen LogP contribution >= 0.6 is 37.5 Å². The van der Waals surface area contributed by atoms with Gasteiger partial charge in [-0.1, -0.05) is 57.6 Å². The molecule has 0 spiro atoms. The molecule has 0 bridgehead atoms. The Bertz CT molecular complexity index is 413. The van der Waals surface area contributed by atoms with E-state index in [1.807, 2.05) is 30.5 Å². The molecule has 1 nitrogen and oxygen atoms in total. The first kappa shape index (κ1) is 14.6. The molecule has 17 heavy (non-hydrogen) atoms. The van der Waals surface area contributed by atoms with Crippen molar-refractivity contribution in [3.05, 3.63) is 59.7 Å². The maximum atomic E-state index is 4.25. The minimum Gasteiger partial charge on any atom is -0.249 e. The predicted octanol–water partition coefficient (Wildman–Crippen LogP) is 5.23. The number of nitrogens with zero attached hydrogens (tertiary/aromatic N) is 1. The Morgan fingerprint density at radius 1 is 1.47 bits per heavy atom. The van der Waals surface area contributed by atoms with Crippen LogP contribution in [0.5, 0.6) is 0 Å². The molecule has 0 amide bonds. The lowest BCUT2D eigenvalue weighted by Gasteiger charge is -1.99. The number of rotatable bonds is 6. The minimum atomic E-state index is 0.832. The molecule has 0 fully saturated rings. The van der Waals surface area contributed by atoms with Crippen LogP contribution in [0.1, 0.15) is 6.92 Å². The number of pyridine rings is 1. The van der Waals surface area contributed by atoms with Crippen molar-refractivity contribution in [1.29, 1.82) is 0 Å². The van der Waals surface area contributed by atoms with Crippen LogP contribution in [0.2, 0.25) is 0 Å². The van der Waals surface area contributed by atoms with E-state index in [2.05, 4.69) is 46.6 Å². The zero-order valence-electron chi connectivity index (χ0n) is 9.60. The smallest absolute Gasteiger partial charge is 0.107 e. The summed E-state index contributed by atoms with van der Waals surface area (Å²) in [7, 11) is 3.38. The molecular weight excluding hydrogens is 314 g/mol. The van der Waals surface area contributed by atoms with Gasteiger partial charge in [0, 0.05) is 11.5 Å². The van der Waals surface area contributed by atoms with E-state index >= 15 is 0 Å². The van der Waals surface area contributed by atoms with Crippen LogP contribution in [-0.4, -0.2) is 10.3 Å². The molecule has 0 N–H and O–H groups in total. The Labute approximate surface area is 119 Å². The summed E-state index contributed by atoms with van der Waals surface area (Å²) < 4.78 is 0. The molecule has 0 radical (unpaired) electrons. The molecule has 0 atom stereocenters. The third-order valence-corrected chi connectivity index (χ3v) is 4.94. The molecule has 0 aliphatic heterocycles. The highest BCUT2D eigenvalue weighted by Gasteiger charge is 1.95. The van der Waals surface area contributed by atoms with Crippen molar-refractivity contribution in [1.82, 2.24) is 4.98 Å². The molecule has 0 aromatic carbocycles. The molecule has 90 valence electrons. The third kappa shape index (κ3) is 6.15. The molecule has 4 heteroatoms. The standard InChI is InChI=1S/C13H14BrNS2/c1-3-12(10-14)8-7-11(2)16-17-13-6-4-5-9-15-13/h3-9H,1,10H2,2H3/b11-7+,12-8+. The van der Waals surface area contributed by atoms with Gasteiger partial charge in [-0.2, -0.15) is 0 Å². The van der Waals surface area contributed by atoms with Crippen LogP contribution < -0.4 is 0 Å². The van der Waals surface area contributed by atoms with Crippen molar-refractivity contribution in [2.45, 2.75) is 11.9 Å². The fraction of sp³-hybridized carbons (Fsp3) is 0.154. The van der Waals surface area contributed by atoms with E-state index in [4.69, 9.17) is 0 Å². The first-order valence-corrected chi connectivity index (χ1v) is 8.35. The third-order valence-electron chi connectivity index (χ3n) is 1.84. The van der Waals surface area contributed by atoms with Gasteiger partial charge in [0.15, 0.2) is 0 Å². The first-order valence-electron chi connectivity index (χ1n) is 5.07. The highest BCUT2D eigenvalue weighted by Crippen LogP contribution is 2.35. The van der Waals surface area contributed by atoms with E-state index in [1.165, 1.54) is 10.5 Å². The summed E-state index contributed by atoms with van der Waals surface area (Å²) in [6.07, 6.45) is 7.83. The lowest BCUT2D eigenvalue weighted by molar-refractivity contribution is 1.14. The van der Waals surface area contributed by atoms with E-state index in [1.54, 1.807) is 21.6 Å². The number of alkyl halides is 1. The zero-order valence-corrected chi connectivity index (χ0v) is 12.8.